The van der Waals surface area contributed by atoms with Gasteiger partial charge in [0.05, 0.1) is 0 Å². The predicted molar refractivity (Wildman–Crippen MR) is 163 cm³/mol. The molecule has 0 aromatic carbocycles. The molecule has 49 heavy (non-hydrogen) atoms. The number of H-pyrrole nitrogens is 8. The molecule has 0 saturated heterocycles. The van der Waals surface area contributed by atoms with Crippen LogP contribution in [0.1, 0.15) is 6.42 Å². The third-order valence-corrected chi connectivity index (χ3v) is 17.1. The SMILES string of the molecule is O=C(CC(=O)[O][Ni]([c]1ncc[nH]1)([c]1ncc[nH]1)([c]1ncc[nH]1)[c]1ncc[nH]1)[O][Ni]([c]1ncc[nH]1)([c]1ncc[nH]1)([c]1ncc[nH]1)[c]1ncc[nH]1. The molecular weight excluding hydrogens is 730 g/mol. The van der Waals surface area contributed by atoms with E-state index in [1.54, 1.807) is 49.6 Å². The number of nitrogens with one attached hydrogen (secondary N) is 8. The van der Waals surface area contributed by atoms with E-state index in [1.807, 2.05) is 0 Å². The van der Waals surface area contributed by atoms with Gasteiger partial charge in [0.2, 0.25) is 0 Å². The van der Waals surface area contributed by atoms with Crippen LogP contribution >= 0.6 is 0 Å². The first-order chi connectivity index (χ1) is 24.0. The molecule has 0 amide bonds. The average Bonchev–Trinajstić information content (AvgIpc) is 3.99. The predicted octanol–water partition coefficient (Wildman–Crippen LogP) is -3.94. The summed E-state index contributed by atoms with van der Waals surface area (Å²) >= 11 is -9.30. The zero-order chi connectivity index (χ0) is 33.4. The molecule has 8 aromatic rings. The number of nitrogens with zero attached hydrogens (tertiary/aromatic N) is 8. The van der Waals surface area contributed by atoms with Gasteiger partial charge in [0.1, 0.15) is 0 Å². The van der Waals surface area contributed by atoms with Gasteiger partial charge in [-0.05, 0) is 0 Å². The third kappa shape index (κ3) is 3.89. The van der Waals surface area contributed by atoms with E-state index >= 15 is 0 Å². The van der Waals surface area contributed by atoms with E-state index in [-0.39, 0.29) is 38.4 Å². The third-order valence-electron chi connectivity index (χ3n) is 6.56. The normalized spacial score (nSPS) is 13.6. The van der Waals surface area contributed by atoms with Crippen LogP contribution in [-0.4, -0.2) is 91.7 Å². The molecule has 8 N–H and O–H groups in total. The van der Waals surface area contributed by atoms with E-state index in [9.17, 15) is 9.59 Å². The fourth-order valence-corrected chi connectivity index (χ4v) is 14.6. The van der Waals surface area contributed by atoms with Gasteiger partial charge < -0.3 is 0 Å². The summed E-state index contributed by atoms with van der Waals surface area (Å²) in [5, 5.41) is 0. The fraction of sp³-hybridized carbons (Fsp3) is 0.0370. The Labute approximate surface area is 275 Å². The van der Waals surface area contributed by atoms with Crippen molar-refractivity contribution in [2.45, 2.75) is 6.42 Å². The molecule has 0 spiro atoms. The molecule has 0 bridgehead atoms. The number of imidazole rings is 8. The maximum absolute atomic E-state index is 14.4. The van der Waals surface area contributed by atoms with Crippen LogP contribution in [0.5, 0.6) is 0 Å². The summed E-state index contributed by atoms with van der Waals surface area (Å²) < 4.78 is 13.2. The molecule has 0 saturated carbocycles. The summed E-state index contributed by atoms with van der Waals surface area (Å²) in [4.78, 5) is 91.2. The molecule has 0 atom stereocenters. The van der Waals surface area contributed by atoms with Gasteiger partial charge in [0.25, 0.3) is 0 Å². The van der Waals surface area contributed by atoms with E-state index in [0.717, 1.165) is 0 Å². The maximum atomic E-state index is 14.4. The Morgan fingerprint density at radius 1 is 0.388 bits per heavy atom. The van der Waals surface area contributed by atoms with Crippen molar-refractivity contribution in [3.8, 4) is 0 Å². The van der Waals surface area contributed by atoms with Crippen LogP contribution in [0.4, 0.5) is 0 Å². The van der Waals surface area contributed by atoms with Crippen LogP contribution in [0.25, 0.3) is 0 Å². The first kappa shape index (κ1) is 30.0. The zero-order valence-electron chi connectivity index (χ0n) is 24.8. The number of carbonyl (C=O) groups is 2. The van der Waals surface area contributed by atoms with Crippen molar-refractivity contribution in [3.63, 3.8) is 0 Å². The Hall–Kier alpha value is -6.39. The summed E-state index contributed by atoms with van der Waals surface area (Å²) in [6, 6.07) is 0. The summed E-state index contributed by atoms with van der Waals surface area (Å²) in [7, 11) is 0. The van der Waals surface area contributed by atoms with E-state index in [2.05, 4.69) is 79.7 Å². The summed E-state index contributed by atoms with van der Waals surface area (Å²) in [5.74, 6) is -2.05. The number of hydrogen-bond acceptors (Lipinski definition) is 12. The van der Waals surface area contributed by atoms with Crippen molar-refractivity contribution >= 4 is 50.3 Å². The van der Waals surface area contributed by atoms with Crippen LogP contribution in [0.3, 0.4) is 0 Å². The first-order valence-electron chi connectivity index (χ1n) is 13.9. The van der Waals surface area contributed by atoms with Crippen LogP contribution in [-0.2, 0) is 40.7 Å². The van der Waals surface area contributed by atoms with Gasteiger partial charge in [-0.2, -0.15) is 0 Å². The van der Waals surface area contributed by atoms with Gasteiger partial charge in [-0.1, -0.05) is 0 Å². The second-order valence-electron chi connectivity index (χ2n) is 9.32. The molecule has 0 radical (unpaired) electrons. The van der Waals surface area contributed by atoms with E-state index < -0.39 is 41.7 Å². The number of rotatable bonds is 12. The van der Waals surface area contributed by atoms with Crippen molar-refractivity contribution in [1.29, 1.82) is 0 Å². The second-order valence-corrected chi connectivity index (χ2v) is 18.0. The Morgan fingerprint density at radius 2 is 0.571 bits per heavy atom. The summed E-state index contributed by atoms with van der Waals surface area (Å²) in [5.41, 5.74) is 0. The minimum absolute atomic E-state index is 0.156. The quantitative estimate of drug-likeness (QED) is 0.0439. The van der Waals surface area contributed by atoms with Gasteiger partial charge in [-0.15, -0.1) is 0 Å². The molecule has 8 aromatic heterocycles. The molecule has 0 fully saturated rings. The average molecular weight is 756 g/mol. The topological polar surface area (TPSA) is 282 Å². The summed E-state index contributed by atoms with van der Waals surface area (Å²) in [6.45, 7) is 0. The van der Waals surface area contributed by atoms with E-state index in [1.165, 1.54) is 49.6 Å². The van der Waals surface area contributed by atoms with Crippen molar-refractivity contribution in [1.82, 2.24) is 79.7 Å². The van der Waals surface area contributed by atoms with Gasteiger partial charge in [-0.3, -0.25) is 0 Å². The van der Waals surface area contributed by atoms with Gasteiger partial charge >= 0.3 is 276 Å². The molecular formula is C27H26N16Ni2O4. The van der Waals surface area contributed by atoms with Crippen molar-refractivity contribution in [2.24, 2.45) is 0 Å². The molecule has 0 aliphatic rings. The first-order valence-corrected chi connectivity index (χ1v) is 18.6. The molecule has 8 rings (SSSR count). The van der Waals surface area contributed by atoms with Crippen LogP contribution in [0, 0.1) is 0 Å². The molecule has 22 heteroatoms. The Bertz CT molecular complexity index is 1800. The van der Waals surface area contributed by atoms with E-state index in [0.29, 0.717) is 0 Å². The monoisotopic (exact) mass is 754 g/mol. The second kappa shape index (κ2) is 11.1. The number of aromatic amines is 8. The number of aromatic nitrogens is 16. The van der Waals surface area contributed by atoms with Crippen molar-refractivity contribution in [3.05, 3.63) is 99.1 Å². The van der Waals surface area contributed by atoms with Crippen LogP contribution < -0.4 is 38.4 Å². The Morgan fingerprint density at radius 3 is 0.714 bits per heavy atom. The van der Waals surface area contributed by atoms with Gasteiger partial charge in [0.15, 0.2) is 0 Å². The number of hydrogen-bond donors (Lipinski definition) is 8. The molecule has 8 heterocycles. The van der Waals surface area contributed by atoms with Gasteiger partial charge in [0, 0.05) is 0 Å². The Kier molecular flexibility index (Phi) is 6.79. The van der Waals surface area contributed by atoms with Crippen molar-refractivity contribution < 1.29 is 40.7 Å². The number of carbonyl (C=O) groups excluding carboxylic acids is 2. The molecule has 0 aliphatic carbocycles. The van der Waals surface area contributed by atoms with Gasteiger partial charge in [-0.25, -0.2) is 0 Å². The zero-order valence-corrected chi connectivity index (χ0v) is 26.8. The van der Waals surface area contributed by atoms with E-state index in [4.69, 9.17) is 7.76 Å². The molecule has 0 unspecified atom stereocenters. The Balaban J connectivity index is 1.29. The molecule has 0 aliphatic heterocycles. The van der Waals surface area contributed by atoms with Crippen LogP contribution in [0.15, 0.2) is 99.1 Å². The molecule has 258 valence electrons. The van der Waals surface area contributed by atoms with Crippen LogP contribution in [0.2, 0.25) is 0 Å². The fourth-order valence-electron chi connectivity index (χ4n) is 4.76. The standard InChI is InChI=1S/8C3H3N2.C3H4O4.2Ni/c8*1-2-5-3-4-1;4-2(5)1-3(6)7;;/h8*1-2H,(H,4,5);1H2,(H,4,5)(H,6,7);;/q;;;;;;;;;2*+1/p-2. The van der Waals surface area contributed by atoms with Crippen molar-refractivity contribution in [2.75, 3.05) is 0 Å². The molecule has 20 nitrogen and oxygen atoms in total. The summed E-state index contributed by atoms with van der Waals surface area (Å²) in [6.07, 6.45) is 23.5. The minimum atomic E-state index is -4.65.